The highest BCUT2D eigenvalue weighted by atomic mass is 16.5. The van der Waals surface area contributed by atoms with Crippen molar-refractivity contribution in [2.45, 2.75) is 38.3 Å². The van der Waals surface area contributed by atoms with Crippen molar-refractivity contribution in [3.63, 3.8) is 0 Å². The van der Waals surface area contributed by atoms with Crippen LogP contribution < -0.4 is 14.8 Å². The van der Waals surface area contributed by atoms with E-state index >= 15 is 0 Å². The first-order valence-electron chi connectivity index (χ1n) is 10.5. The van der Waals surface area contributed by atoms with Gasteiger partial charge in [-0.25, -0.2) is 0 Å². The number of pyridine rings is 1. The minimum absolute atomic E-state index is 0.270. The van der Waals surface area contributed by atoms with E-state index in [0.29, 0.717) is 18.0 Å². The van der Waals surface area contributed by atoms with Gasteiger partial charge in [-0.1, -0.05) is 12.5 Å². The van der Waals surface area contributed by atoms with E-state index in [1.54, 1.807) is 7.11 Å². The quantitative estimate of drug-likeness (QED) is 0.567. The van der Waals surface area contributed by atoms with Crippen LogP contribution in [0.2, 0.25) is 0 Å². The Morgan fingerprint density at radius 2 is 1.86 bits per heavy atom. The van der Waals surface area contributed by atoms with Gasteiger partial charge >= 0.3 is 0 Å². The van der Waals surface area contributed by atoms with Crippen LogP contribution in [0, 0.1) is 0 Å². The zero-order valence-electron chi connectivity index (χ0n) is 17.3. The number of piperidine rings is 1. The Morgan fingerprint density at radius 3 is 2.62 bits per heavy atom. The summed E-state index contributed by atoms with van der Waals surface area (Å²) in [6, 6.07) is 10.0. The molecule has 0 saturated carbocycles. The van der Waals surface area contributed by atoms with E-state index in [9.17, 15) is 5.11 Å². The fraction of sp³-hybridized carbons (Fsp3) is 0.522. The SMILES string of the molecule is COc1ccc(CNCCc2ccncc2)cc1OC[C@H](O)CN1CCCCC1. The monoisotopic (exact) mass is 399 g/mol. The smallest absolute Gasteiger partial charge is 0.161 e. The molecule has 1 fully saturated rings. The van der Waals surface area contributed by atoms with E-state index in [4.69, 9.17) is 9.47 Å². The number of methoxy groups -OCH3 is 1. The van der Waals surface area contributed by atoms with Crippen LogP contribution in [0.15, 0.2) is 42.7 Å². The lowest BCUT2D eigenvalue weighted by atomic mass is 10.1. The van der Waals surface area contributed by atoms with Crippen molar-refractivity contribution in [1.82, 2.24) is 15.2 Å². The topological polar surface area (TPSA) is 66.8 Å². The summed E-state index contributed by atoms with van der Waals surface area (Å²) < 4.78 is 11.3. The summed E-state index contributed by atoms with van der Waals surface area (Å²) in [4.78, 5) is 6.36. The maximum atomic E-state index is 10.4. The molecule has 2 N–H and O–H groups in total. The zero-order chi connectivity index (χ0) is 20.3. The maximum Gasteiger partial charge on any atom is 0.161 e. The molecule has 1 saturated heterocycles. The third kappa shape index (κ3) is 7.31. The van der Waals surface area contributed by atoms with Crippen LogP contribution in [0.4, 0.5) is 0 Å². The molecule has 158 valence electrons. The van der Waals surface area contributed by atoms with E-state index in [1.807, 2.05) is 42.7 Å². The van der Waals surface area contributed by atoms with E-state index < -0.39 is 6.10 Å². The molecule has 1 aliphatic rings. The second-order valence-electron chi connectivity index (χ2n) is 7.59. The highest BCUT2D eigenvalue weighted by Crippen LogP contribution is 2.28. The molecule has 2 aromatic rings. The Hall–Kier alpha value is -2.15. The summed E-state index contributed by atoms with van der Waals surface area (Å²) in [6.07, 6.45) is 7.84. The molecule has 0 unspecified atom stereocenters. The minimum Gasteiger partial charge on any atom is -0.493 e. The van der Waals surface area contributed by atoms with Gasteiger partial charge < -0.3 is 24.8 Å². The third-order valence-corrected chi connectivity index (χ3v) is 5.25. The number of rotatable bonds is 11. The number of nitrogens with zero attached hydrogens (tertiary/aromatic N) is 2. The predicted molar refractivity (Wildman–Crippen MR) is 114 cm³/mol. The molecule has 3 rings (SSSR count). The molecule has 29 heavy (non-hydrogen) atoms. The van der Waals surface area contributed by atoms with Crippen molar-refractivity contribution >= 4 is 0 Å². The number of nitrogens with one attached hydrogen (secondary N) is 1. The number of hydrogen-bond acceptors (Lipinski definition) is 6. The first kappa shape index (κ1) is 21.6. The Bertz CT molecular complexity index is 721. The van der Waals surface area contributed by atoms with Gasteiger partial charge in [-0.2, -0.15) is 0 Å². The Kier molecular flexibility index (Phi) is 8.74. The van der Waals surface area contributed by atoms with E-state index in [1.165, 1.54) is 24.8 Å². The molecule has 0 amide bonds. The van der Waals surface area contributed by atoms with Crippen molar-refractivity contribution in [2.75, 3.05) is 39.9 Å². The van der Waals surface area contributed by atoms with Crippen LogP contribution in [0.1, 0.15) is 30.4 Å². The van der Waals surface area contributed by atoms with Gasteiger partial charge in [0.15, 0.2) is 11.5 Å². The van der Waals surface area contributed by atoms with E-state index in [-0.39, 0.29) is 6.61 Å². The molecule has 2 heterocycles. The van der Waals surface area contributed by atoms with Gasteiger partial charge in [0.25, 0.3) is 0 Å². The van der Waals surface area contributed by atoms with Crippen LogP contribution in [-0.2, 0) is 13.0 Å². The number of benzene rings is 1. The number of aliphatic hydroxyl groups excluding tert-OH is 1. The molecular formula is C23H33N3O3. The Morgan fingerprint density at radius 1 is 1.07 bits per heavy atom. The lowest BCUT2D eigenvalue weighted by molar-refractivity contribution is 0.0608. The van der Waals surface area contributed by atoms with Crippen molar-refractivity contribution < 1.29 is 14.6 Å². The maximum absolute atomic E-state index is 10.4. The normalized spacial score (nSPS) is 15.8. The van der Waals surface area contributed by atoms with Crippen LogP contribution in [0.3, 0.4) is 0 Å². The summed E-state index contributed by atoms with van der Waals surface area (Å²) in [7, 11) is 1.64. The Labute approximate surface area is 173 Å². The molecule has 1 aromatic carbocycles. The van der Waals surface area contributed by atoms with E-state index in [0.717, 1.165) is 38.2 Å². The number of hydrogen-bond donors (Lipinski definition) is 2. The second-order valence-corrected chi connectivity index (χ2v) is 7.59. The standard InChI is InChI=1S/C23H33N3O3/c1-28-22-6-5-20(16-25-12-9-19-7-10-24-11-8-19)15-23(22)29-18-21(27)17-26-13-3-2-4-14-26/h5-8,10-11,15,21,25,27H,2-4,9,12-14,16-18H2,1H3/t21-/m1/s1. The fourth-order valence-corrected chi connectivity index (χ4v) is 3.64. The molecule has 1 atom stereocenters. The first-order valence-corrected chi connectivity index (χ1v) is 10.5. The highest BCUT2D eigenvalue weighted by molar-refractivity contribution is 5.43. The van der Waals surface area contributed by atoms with Crippen molar-refractivity contribution in [3.05, 3.63) is 53.9 Å². The van der Waals surface area contributed by atoms with Gasteiger partial charge in [-0.15, -0.1) is 0 Å². The second kappa shape index (κ2) is 11.8. The molecular weight excluding hydrogens is 366 g/mol. The van der Waals surface area contributed by atoms with Gasteiger partial charge in [0.05, 0.1) is 7.11 Å². The Balaban J connectivity index is 1.46. The number of aromatic nitrogens is 1. The lowest BCUT2D eigenvalue weighted by Gasteiger charge is -2.28. The van der Waals surface area contributed by atoms with Gasteiger partial charge in [-0.3, -0.25) is 4.98 Å². The molecule has 0 spiro atoms. The largest absolute Gasteiger partial charge is 0.493 e. The van der Waals surface area contributed by atoms with Crippen LogP contribution in [0.5, 0.6) is 11.5 Å². The van der Waals surface area contributed by atoms with Gasteiger partial charge in [0, 0.05) is 25.5 Å². The molecule has 1 aliphatic heterocycles. The number of β-amino-alcohol motifs (C(OH)–C–C–N with tert-alkyl or cyclic N) is 1. The van der Waals surface area contributed by atoms with Crippen molar-refractivity contribution in [2.24, 2.45) is 0 Å². The molecule has 6 heteroatoms. The molecule has 0 bridgehead atoms. The van der Waals surface area contributed by atoms with Crippen molar-refractivity contribution in [1.29, 1.82) is 0 Å². The van der Waals surface area contributed by atoms with Gasteiger partial charge in [0.1, 0.15) is 12.7 Å². The summed E-state index contributed by atoms with van der Waals surface area (Å²) in [5, 5.41) is 13.8. The highest BCUT2D eigenvalue weighted by Gasteiger charge is 2.16. The lowest BCUT2D eigenvalue weighted by Crippen LogP contribution is -2.38. The van der Waals surface area contributed by atoms with Crippen LogP contribution >= 0.6 is 0 Å². The van der Waals surface area contributed by atoms with E-state index in [2.05, 4.69) is 15.2 Å². The van der Waals surface area contributed by atoms with Gasteiger partial charge in [0.2, 0.25) is 0 Å². The summed E-state index contributed by atoms with van der Waals surface area (Å²) >= 11 is 0. The molecule has 0 radical (unpaired) electrons. The molecule has 1 aromatic heterocycles. The third-order valence-electron chi connectivity index (χ3n) is 5.25. The fourth-order valence-electron chi connectivity index (χ4n) is 3.64. The molecule has 0 aliphatic carbocycles. The number of likely N-dealkylation sites (tertiary alicyclic amines) is 1. The number of ether oxygens (including phenoxy) is 2. The van der Waals surface area contributed by atoms with Crippen LogP contribution in [0.25, 0.3) is 0 Å². The average Bonchev–Trinajstić information content (AvgIpc) is 2.77. The predicted octanol–water partition coefficient (Wildman–Crippen LogP) is 2.65. The number of aliphatic hydroxyl groups is 1. The van der Waals surface area contributed by atoms with Crippen molar-refractivity contribution in [3.8, 4) is 11.5 Å². The minimum atomic E-state index is -0.500. The summed E-state index contributed by atoms with van der Waals surface area (Å²) in [5.41, 5.74) is 2.40. The zero-order valence-corrected chi connectivity index (χ0v) is 17.3. The molecule has 6 nitrogen and oxygen atoms in total. The first-order chi connectivity index (χ1) is 14.2. The average molecular weight is 400 g/mol. The van der Waals surface area contributed by atoms with Gasteiger partial charge in [-0.05, 0) is 74.3 Å². The van der Waals surface area contributed by atoms with Crippen LogP contribution in [-0.4, -0.2) is 61.0 Å². The summed E-state index contributed by atoms with van der Waals surface area (Å²) in [5.74, 6) is 1.37. The summed E-state index contributed by atoms with van der Waals surface area (Å²) in [6.45, 7) is 4.72.